The minimum Gasteiger partial charge on any atom is -0.334 e. The van der Waals surface area contributed by atoms with Crippen molar-refractivity contribution in [3.05, 3.63) is 37.3 Å². The van der Waals surface area contributed by atoms with Crippen LogP contribution in [-0.2, 0) is 0 Å². The maximum Gasteiger partial charge on any atom is 0.259 e. The molecule has 2 rings (SSSR count). The van der Waals surface area contributed by atoms with Crippen molar-refractivity contribution in [2.24, 2.45) is 0 Å². The topological polar surface area (TPSA) is 51.8 Å². The van der Waals surface area contributed by atoms with E-state index < -0.39 is 0 Å². The average Bonchev–Trinajstić information content (AvgIpc) is 2.54. The van der Waals surface area contributed by atoms with Crippen LogP contribution in [0.25, 0.3) is 11.5 Å². The fourth-order valence-corrected chi connectivity index (χ4v) is 0.860. The van der Waals surface area contributed by atoms with Crippen molar-refractivity contribution in [3.8, 4) is 11.5 Å². The molecule has 2 heterocycles. The number of hydrogen-bond acceptors (Lipinski definition) is 4. The molecule has 0 atom stereocenters. The molecule has 0 spiro atoms. The van der Waals surface area contributed by atoms with Crippen LogP contribution in [0.4, 0.5) is 0 Å². The van der Waals surface area contributed by atoms with Gasteiger partial charge in [-0.1, -0.05) is 5.16 Å². The minimum absolute atomic E-state index is 0.383. The Kier molecular flexibility index (Phi) is 1.59. The SMILES string of the molecule is [CH2]c1noc(-c2cccnc2)n1. The summed E-state index contributed by atoms with van der Waals surface area (Å²) in [4.78, 5) is 7.87. The molecule has 0 saturated carbocycles. The molecule has 0 aliphatic carbocycles. The lowest BCUT2D eigenvalue weighted by Crippen LogP contribution is -1.78. The van der Waals surface area contributed by atoms with Crippen LogP contribution in [0.5, 0.6) is 0 Å². The largest absolute Gasteiger partial charge is 0.334 e. The monoisotopic (exact) mass is 160 g/mol. The summed E-state index contributed by atoms with van der Waals surface area (Å²) in [5, 5.41) is 3.57. The number of aromatic nitrogens is 3. The summed E-state index contributed by atoms with van der Waals surface area (Å²) in [6.45, 7) is 3.53. The molecule has 0 aliphatic heterocycles. The fourth-order valence-electron chi connectivity index (χ4n) is 0.860. The van der Waals surface area contributed by atoms with Gasteiger partial charge in [0.15, 0.2) is 5.82 Å². The first kappa shape index (κ1) is 6.97. The second-order valence-corrected chi connectivity index (χ2v) is 2.26. The van der Waals surface area contributed by atoms with E-state index in [1.165, 1.54) is 0 Å². The highest BCUT2D eigenvalue weighted by atomic mass is 16.5. The van der Waals surface area contributed by atoms with Crippen LogP contribution in [0, 0.1) is 6.92 Å². The van der Waals surface area contributed by atoms with Gasteiger partial charge in [-0.15, -0.1) is 0 Å². The third-order valence-corrected chi connectivity index (χ3v) is 1.38. The number of pyridine rings is 1. The van der Waals surface area contributed by atoms with Gasteiger partial charge >= 0.3 is 0 Å². The van der Waals surface area contributed by atoms with Crippen molar-refractivity contribution in [1.29, 1.82) is 0 Å². The Hall–Kier alpha value is -1.71. The zero-order chi connectivity index (χ0) is 8.39. The smallest absolute Gasteiger partial charge is 0.259 e. The Labute approximate surface area is 69.3 Å². The lowest BCUT2D eigenvalue weighted by atomic mass is 10.3. The predicted octanol–water partition coefficient (Wildman–Crippen LogP) is 1.31. The van der Waals surface area contributed by atoms with Crippen molar-refractivity contribution in [2.75, 3.05) is 0 Å². The highest BCUT2D eigenvalue weighted by molar-refractivity contribution is 5.50. The van der Waals surface area contributed by atoms with E-state index in [1.807, 2.05) is 12.1 Å². The van der Waals surface area contributed by atoms with Gasteiger partial charge in [0.25, 0.3) is 5.89 Å². The average molecular weight is 160 g/mol. The third kappa shape index (κ3) is 1.18. The highest BCUT2D eigenvalue weighted by Gasteiger charge is 2.04. The normalized spacial score (nSPS) is 10.1. The van der Waals surface area contributed by atoms with Crippen LogP contribution in [0.3, 0.4) is 0 Å². The second-order valence-electron chi connectivity index (χ2n) is 2.26. The third-order valence-electron chi connectivity index (χ3n) is 1.38. The molecule has 0 aliphatic rings. The van der Waals surface area contributed by atoms with Gasteiger partial charge in [0.05, 0.1) is 5.56 Å². The van der Waals surface area contributed by atoms with Gasteiger partial charge in [-0.05, 0) is 12.1 Å². The molecule has 0 bridgehead atoms. The molecule has 4 heteroatoms. The summed E-state index contributed by atoms with van der Waals surface area (Å²) in [6, 6.07) is 3.66. The molecule has 0 unspecified atom stereocenters. The zero-order valence-corrected chi connectivity index (χ0v) is 6.27. The molecule has 0 amide bonds. The quantitative estimate of drug-likeness (QED) is 0.631. The molecule has 59 valence electrons. The Balaban J connectivity index is 2.45. The van der Waals surface area contributed by atoms with E-state index in [0.29, 0.717) is 11.7 Å². The lowest BCUT2D eigenvalue weighted by Gasteiger charge is -1.88. The molecule has 2 aromatic rings. The summed E-state index contributed by atoms with van der Waals surface area (Å²) in [7, 11) is 0. The number of rotatable bonds is 1. The van der Waals surface area contributed by atoms with Crippen LogP contribution >= 0.6 is 0 Å². The van der Waals surface area contributed by atoms with E-state index in [1.54, 1.807) is 12.4 Å². The first-order chi connectivity index (χ1) is 5.86. The fraction of sp³-hybridized carbons (Fsp3) is 0. The van der Waals surface area contributed by atoms with Crippen molar-refractivity contribution in [1.82, 2.24) is 15.1 Å². The standard InChI is InChI=1S/C8H6N3O/c1-6-10-8(12-11-6)7-3-2-4-9-5-7/h2-5H,1H2. The van der Waals surface area contributed by atoms with Crippen molar-refractivity contribution < 1.29 is 4.52 Å². The zero-order valence-electron chi connectivity index (χ0n) is 6.27. The molecule has 1 radical (unpaired) electrons. The van der Waals surface area contributed by atoms with Gasteiger partial charge in [-0.3, -0.25) is 4.98 Å². The summed E-state index contributed by atoms with van der Waals surface area (Å²) in [5.41, 5.74) is 0.805. The molecule has 4 nitrogen and oxygen atoms in total. The van der Waals surface area contributed by atoms with Crippen molar-refractivity contribution in [2.45, 2.75) is 0 Å². The Bertz CT molecular complexity index is 369. The predicted molar refractivity (Wildman–Crippen MR) is 42.0 cm³/mol. The van der Waals surface area contributed by atoms with Gasteiger partial charge < -0.3 is 4.52 Å². The van der Waals surface area contributed by atoms with Crippen LogP contribution in [0.2, 0.25) is 0 Å². The highest BCUT2D eigenvalue weighted by Crippen LogP contribution is 2.13. The van der Waals surface area contributed by atoms with E-state index in [4.69, 9.17) is 4.52 Å². The molecule has 0 saturated heterocycles. The summed E-state index contributed by atoms with van der Waals surface area (Å²) >= 11 is 0. The van der Waals surface area contributed by atoms with Gasteiger partial charge in [0.2, 0.25) is 0 Å². The first-order valence-corrected chi connectivity index (χ1v) is 3.42. The van der Waals surface area contributed by atoms with Crippen LogP contribution in [0.15, 0.2) is 29.0 Å². The Morgan fingerprint density at radius 2 is 2.33 bits per heavy atom. The summed E-state index contributed by atoms with van der Waals surface area (Å²) in [6.07, 6.45) is 3.35. The molecular formula is C8H6N3O. The maximum atomic E-state index is 4.89. The summed E-state index contributed by atoms with van der Waals surface area (Å²) < 4.78 is 4.89. The van der Waals surface area contributed by atoms with Gasteiger partial charge in [0, 0.05) is 19.3 Å². The van der Waals surface area contributed by atoms with E-state index in [9.17, 15) is 0 Å². The Morgan fingerprint density at radius 3 is 2.92 bits per heavy atom. The first-order valence-electron chi connectivity index (χ1n) is 3.42. The molecule has 0 fully saturated rings. The molecular weight excluding hydrogens is 154 g/mol. The van der Waals surface area contributed by atoms with Crippen molar-refractivity contribution in [3.63, 3.8) is 0 Å². The number of hydrogen-bond donors (Lipinski definition) is 0. The van der Waals surface area contributed by atoms with E-state index in [-0.39, 0.29) is 0 Å². The van der Waals surface area contributed by atoms with Crippen LogP contribution in [0.1, 0.15) is 5.82 Å². The van der Waals surface area contributed by atoms with Crippen molar-refractivity contribution >= 4 is 0 Å². The van der Waals surface area contributed by atoms with Gasteiger partial charge in [-0.2, -0.15) is 4.98 Å². The second kappa shape index (κ2) is 2.73. The van der Waals surface area contributed by atoms with Gasteiger partial charge in [0.1, 0.15) is 0 Å². The van der Waals surface area contributed by atoms with E-state index >= 15 is 0 Å². The molecule has 0 N–H and O–H groups in total. The number of nitrogens with zero attached hydrogens (tertiary/aromatic N) is 3. The van der Waals surface area contributed by atoms with E-state index in [2.05, 4.69) is 22.0 Å². The summed E-state index contributed by atoms with van der Waals surface area (Å²) in [5.74, 6) is 0.835. The maximum absolute atomic E-state index is 4.89. The van der Waals surface area contributed by atoms with Gasteiger partial charge in [-0.25, -0.2) is 0 Å². The minimum atomic E-state index is 0.383. The van der Waals surface area contributed by atoms with Crippen LogP contribution < -0.4 is 0 Å². The van der Waals surface area contributed by atoms with Crippen LogP contribution in [-0.4, -0.2) is 15.1 Å². The molecule has 0 aromatic carbocycles. The molecule has 2 aromatic heterocycles. The van der Waals surface area contributed by atoms with E-state index in [0.717, 1.165) is 5.56 Å². The lowest BCUT2D eigenvalue weighted by molar-refractivity contribution is 0.427. The Morgan fingerprint density at radius 1 is 1.42 bits per heavy atom. The molecule has 12 heavy (non-hydrogen) atoms.